The number of ketones is 1. The third-order valence-electron chi connectivity index (χ3n) is 10.4. The summed E-state index contributed by atoms with van der Waals surface area (Å²) in [6.45, 7) is 0. The van der Waals surface area contributed by atoms with E-state index in [9.17, 15) is 0 Å². The van der Waals surface area contributed by atoms with E-state index < -0.39 is 15.8 Å². The first-order valence-corrected chi connectivity index (χ1v) is 28.2. The molecule has 67 heavy (non-hydrogen) atoms. The molecule has 8 heteroatoms. The average Bonchev–Trinajstić information content (AvgIpc) is 3.37. The van der Waals surface area contributed by atoms with Crippen LogP contribution in [0, 0.1) is 143 Å². The standard InChI is InChI=1S/C45H24OP2.C14H16N2.2ClH.Ru/c1-5-9-13-21-33-47(34-22-14-10-6-2)41-31-29-37-25-17-19-27-39(37)43(41)45(46)44-40-28-20-18-26-38(40)30-32-42(44)48(35-23-15-11-7-3)36-24-16-12-8-4;15-13(11-7-3-1-4-8-11)14(16)12-9-5-2-6-10-12;;;/h1-4,29-32H,17-20,25-28H2;1-10,13-14H,15-16H2;2*1H;/q;;;;+4. The first-order valence-electron chi connectivity index (χ1n) is 20.8. The molecule has 0 fully saturated rings. The molecule has 0 amide bonds. The number of nitrogens with two attached hydrogens (primary N) is 2. The van der Waals surface area contributed by atoms with Crippen LogP contribution in [-0.4, -0.2) is 5.78 Å². The Balaban J connectivity index is 0.000000427. The van der Waals surface area contributed by atoms with Crippen molar-refractivity contribution in [2.45, 2.75) is 63.5 Å². The van der Waals surface area contributed by atoms with Crippen molar-refractivity contribution in [1.29, 1.82) is 0 Å². The van der Waals surface area contributed by atoms with Crippen LogP contribution in [0.1, 0.15) is 87.1 Å². The molecule has 0 bridgehead atoms. The molecular weight excluding hydrogens is 987 g/mol. The summed E-state index contributed by atoms with van der Waals surface area (Å²) in [6, 6.07) is 27.8. The molecule has 0 radical (unpaired) electrons. The number of aryl methyl sites for hydroxylation is 2. The second-order valence-electron chi connectivity index (χ2n) is 14.2. The van der Waals surface area contributed by atoms with E-state index in [2.05, 4.69) is 130 Å². The van der Waals surface area contributed by atoms with Gasteiger partial charge in [0.2, 0.25) is 5.78 Å². The molecule has 4 aromatic carbocycles. The van der Waals surface area contributed by atoms with E-state index in [4.69, 9.17) is 56.5 Å². The van der Waals surface area contributed by atoms with E-state index in [0.717, 1.165) is 84.2 Å². The van der Waals surface area contributed by atoms with E-state index >= 15 is 4.79 Å². The fourth-order valence-corrected chi connectivity index (χ4v) is 10.4. The van der Waals surface area contributed by atoms with E-state index in [1.165, 1.54) is 11.1 Å². The van der Waals surface area contributed by atoms with Crippen molar-refractivity contribution in [2.24, 2.45) is 11.5 Å². The summed E-state index contributed by atoms with van der Waals surface area (Å²) in [4.78, 5) is 15.4. The number of carbonyl (C=O) groups excluding carboxylic acids is 1. The Kier molecular flexibility index (Phi) is 24.0. The van der Waals surface area contributed by atoms with Crippen LogP contribution in [0.3, 0.4) is 0 Å². The molecule has 0 spiro atoms. The van der Waals surface area contributed by atoms with Crippen LogP contribution < -0.4 is 22.1 Å². The Morgan fingerprint density at radius 2 is 0.791 bits per heavy atom. The van der Waals surface area contributed by atoms with Gasteiger partial charge in [-0.25, -0.2) is 0 Å². The van der Waals surface area contributed by atoms with Gasteiger partial charge in [-0.05, 0) is 144 Å². The van der Waals surface area contributed by atoms with Gasteiger partial charge in [0, 0.05) is 59.4 Å². The van der Waals surface area contributed by atoms with Gasteiger partial charge in [0.1, 0.15) is 33.3 Å². The molecule has 0 heterocycles. The maximum atomic E-state index is 15.4. The van der Waals surface area contributed by atoms with Crippen molar-refractivity contribution in [3.63, 3.8) is 0 Å². The van der Waals surface area contributed by atoms with Crippen molar-refractivity contribution < 1.29 is 19.9 Å². The molecule has 2 aliphatic carbocycles. The SMILES string of the molecule is C#CC#CC#C[PH+](C#CC#CC#C)c1ccc2c(c1C(=O)c1c([PH+](C#CC#CC#C)C#CC#CC#C)ccc3c1CCCC3)CCCC2.NC(c1ccccc1)C(N)c1ccccc1.[Cl][Ru+2][Cl]. The molecule has 4 N–H and O–H groups in total. The van der Waals surface area contributed by atoms with Crippen molar-refractivity contribution in [1.82, 2.24) is 0 Å². The summed E-state index contributed by atoms with van der Waals surface area (Å²) in [5.41, 5.74) is 33.0. The Hall–Kier alpha value is -6.75. The fraction of sp³-hybridized carbons (Fsp3) is 0.169. The molecule has 2 unspecified atom stereocenters. The number of rotatable bonds is 7. The molecule has 0 aromatic heterocycles. The summed E-state index contributed by atoms with van der Waals surface area (Å²) >= 11 is -0.346. The molecule has 0 saturated heterocycles. The molecule has 2 atom stereocenters. The zero-order valence-corrected chi connectivity index (χ0v) is 41.6. The zero-order valence-electron chi connectivity index (χ0n) is 36.4. The molecule has 2 aliphatic rings. The molecule has 322 valence electrons. The van der Waals surface area contributed by atoms with Crippen LogP contribution in [0.5, 0.6) is 0 Å². The second-order valence-corrected chi connectivity index (χ2v) is 20.5. The van der Waals surface area contributed by atoms with Crippen molar-refractivity contribution in [3.8, 4) is 143 Å². The monoisotopic (exact) mass is 1030 g/mol. The fourth-order valence-electron chi connectivity index (χ4n) is 7.46. The summed E-state index contributed by atoms with van der Waals surface area (Å²) in [7, 11) is 5.71. The van der Waals surface area contributed by atoms with Crippen molar-refractivity contribution in [3.05, 3.63) is 129 Å². The topological polar surface area (TPSA) is 69.1 Å². The van der Waals surface area contributed by atoms with Gasteiger partial charge in [0.15, 0.2) is 15.8 Å². The number of benzene rings is 4. The minimum atomic E-state index is -2.00. The van der Waals surface area contributed by atoms with Crippen LogP contribution in [-0.2, 0) is 40.8 Å². The van der Waals surface area contributed by atoms with Crippen LogP contribution in [0.2, 0.25) is 0 Å². The Morgan fingerprint density at radius 1 is 0.478 bits per heavy atom. The second kappa shape index (κ2) is 30.5. The van der Waals surface area contributed by atoms with Gasteiger partial charge in [-0.2, -0.15) is 0 Å². The van der Waals surface area contributed by atoms with Gasteiger partial charge in [-0.3, -0.25) is 4.79 Å². The molecule has 3 nitrogen and oxygen atoms in total. The Morgan fingerprint density at radius 3 is 1.10 bits per heavy atom. The summed E-state index contributed by atoms with van der Waals surface area (Å²) < 4.78 is 0. The van der Waals surface area contributed by atoms with Crippen LogP contribution >= 0.6 is 35.2 Å². The number of fused-ring (bicyclic) bond motifs is 2. The summed E-state index contributed by atoms with van der Waals surface area (Å²) in [5.74, 6) is 41.4. The number of halogens is 2. The number of hydrogen-bond donors (Lipinski definition) is 2. The Labute approximate surface area is 416 Å². The van der Waals surface area contributed by atoms with Gasteiger partial charge in [0.05, 0.1) is 11.1 Å². The summed E-state index contributed by atoms with van der Waals surface area (Å²) in [5, 5.41) is 1.58. The normalized spacial score (nSPS) is 11.6. The number of carbonyl (C=O) groups is 1. The van der Waals surface area contributed by atoms with Crippen LogP contribution in [0.25, 0.3) is 0 Å². The summed E-state index contributed by atoms with van der Waals surface area (Å²) in [6.07, 6.45) is 28.7. The van der Waals surface area contributed by atoms with Gasteiger partial charge in [-0.15, -0.1) is 25.7 Å². The number of terminal acetylenes is 4. The zero-order chi connectivity index (χ0) is 48.1. The van der Waals surface area contributed by atoms with E-state index in [0.29, 0.717) is 11.1 Å². The number of hydrogen-bond acceptors (Lipinski definition) is 3. The first kappa shape index (κ1) is 52.9. The first-order chi connectivity index (χ1) is 32.8. The van der Waals surface area contributed by atoms with Gasteiger partial charge in [0.25, 0.3) is 0 Å². The predicted octanol–water partition coefficient (Wildman–Crippen LogP) is 8.51. The quantitative estimate of drug-likeness (QED) is 0.0846. The van der Waals surface area contributed by atoms with Gasteiger partial charge in [-0.1, -0.05) is 72.8 Å². The van der Waals surface area contributed by atoms with E-state index in [-0.39, 0.29) is 33.0 Å². The third-order valence-corrected chi connectivity index (χ3v) is 13.8. The third kappa shape index (κ3) is 16.3. The average molecular weight is 1030 g/mol. The maximum absolute atomic E-state index is 15.4. The van der Waals surface area contributed by atoms with E-state index in [1.54, 1.807) is 0 Å². The molecule has 4 aromatic rings. The molecule has 0 aliphatic heterocycles. The van der Waals surface area contributed by atoms with E-state index in [1.807, 2.05) is 72.8 Å². The predicted molar refractivity (Wildman–Crippen MR) is 281 cm³/mol. The molecule has 6 rings (SSSR count). The van der Waals surface area contributed by atoms with Crippen LogP contribution in [0.15, 0.2) is 84.9 Å². The molecule has 0 saturated carbocycles. The molecular formula is C59H42Cl2N2OP2Ru+4. The van der Waals surface area contributed by atoms with Crippen LogP contribution in [0.4, 0.5) is 0 Å². The van der Waals surface area contributed by atoms with Crippen molar-refractivity contribution >= 4 is 51.6 Å². The van der Waals surface area contributed by atoms with Gasteiger partial charge < -0.3 is 11.5 Å². The van der Waals surface area contributed by atoms with Gasteiger partial charge >= 0.3 is 34.5 Å². The minimum absolute atomic E-state index is 0.0662. The Bertz CT molecular complexity index is 2840. The van der Waals surface area contributed by atoms with Crippen molar-refractivity contribution in [2.75, 3.05) is 0 Å².